The molecule has 2 aromatic rings. The first-order valence-electron chi connectivity index (χ1n) is 6.89. The standard InChI is InChI=1S/C16H16ClNO3/c1-10(19)21-14-8-9-18(13-6-7-13)15(14)16(20)11-2-4-12(17)5-3-11/h2-5,8-9,13,16,20H,6-7H2,1H3. The summed E-state index contributed by atoms with van der Waals surface area (Å²) in [6, 6.07) is 9.12. The smallest absolute Gasteiger partial charge is 0.308 e. The number of rotatable bonds is 4. The Hall–Kier alpha value is -1.78. The quantitative estimate of drug-likeness (QED) is 0.880. The highest BCUT2D eigenvalue weighted by atomic mass is 35.5. The zero-order chi connectivity index (χ0) is 15.0. The number of carbonyl (C=O) groups is 1. The van der Waals surface area contributed by atoms with E-state index in [1.807, 2.05) is 10.8 Å². The minimum absolute atomic E-state index is 0.381. The second kappa shape index (κ2) is 5.54. The zero-order valence-electron chi connectivity index (χ0n) is 11.6. The number of nitrogens with zero attached hydrogens (tertiary/aromatic N) is 1. The fourth-order valence-electron chi connectivity index (χ4n) is 2.43. The van der Waals surface area contributed by atoms with Crippen molar-refractivity contribution >= 4 is 17.6 Å². The number of hydrogen-bond acceptors (Lipinski definition) is 3. The molecule has 21 heavy (non-hydrogen) atoms. The summed E-state index contributed by atoms with van der Waals surface area (Å²) in [5.41, 5.74) is 1.34. The largest absolute Gasteiger partial charge is 0.425 e. The van der Waals surface area contributed by atoms with Crippen LogP contribution < -0.4 is 4.74 Å². The van der Waals surface area contributed by atoms with Gasteiger partial charge in [0.25, 0.3) is 0 Å². The highest BCUT2D eigenvalue weighted by Crippen LogP contribution is 2.42. The molecule has 1 aliphatic rings. The van der Waals surface area contributed by atoms with Crippen LogP contribution in [-0.4, -0.2) is 15.6 Å². The molecule has 0 bridgehead atoms. The minimum atomic E-state index is -0.854. The van der Waals surface area contributed by atoms with Gasteiger partial charge in [-0.2, -0.15) is 0 Å². The van der Waals surface area contributed by atoms with Crippen LogP contribution in [0.5, 0.6) is 5.75 Å². The van der Waals surface area contributed by atoms with E-state index in [-0.39, 0.29) is 0 Å². The van der Waals surface area contributed by atoms with E-state index < -0.39 is 12.1 Å². The predicted octanol–water partition coefficient (Wildman–Crippen LogP) is 3.48. The Morgan fingerprint density at radius 3 is 2.57 bits per heavy atom. The molecule has 1 N–H and O–H groups in total. The lowest BCUT2D eigenvalue weighted by molar-refractivity contribution is -0.132. The Morgan fingerprint density at radius 2 is 2.00 bits per heavy atom. The molecule has 0 amide bonds. The van der Waals surface area contributed by atoms with Crippen LogP contribution in [0.1, 0.15) is 43.2 Å². The van der Waals surface area contributed by atoms with Gasteiger partial charge < -0.3 is 14.4 Å². The Balaban J connectivity index is 1.99. The summed E-state index contributed by atoms with van der Waals surface area (Å²) in [5, 5.41) is 11.3. The van der Waals surface area contributed by atoms with Crippen molar-refractivity contribution < 1.29 is 14.6 Å². The van der Waals surface area contributed by atoms with Crippen LogP contribution >= 0.6 is 11.6 Å². The third-order valence-electron chi connectivity index (χ3n) is 3.56. The van der Waals surface area contributed by atoms with Crippen LogP contribution in [0.3, 0.4) is 0 Å². The van der Waals surface area contributed by atoms with E-state index >= 15 is 0 Å². The molecule has 1 saturated carbocycles. The molecule has 1 heterocycles. The fraction of sp³-hybridized carbons (Fsp3) is 0.312. The molecule has 3 rings (SSSR count). The number of hydrogen-bond donors (Lipinski definition) is 1. The average Bonchev–Trinajstić information content (AvgIpc) is 3.20. The van der Waals surface area contributed by atoms with Crippen LogP contribution in [0.2, 0.25) is 5.02 Å². The number of benzene rings is 1. The van der Waals surface area contributed by atoms with Gasteiger partial charge in [0.15, 0.2) is 5.75 Å². The fourth-order valence-corrected chi connectivity index (χ4v) is 2.56. The molecular formula is C16H16ClNO3. The van der Waals surface area contributed by atoms with E-state index in [0.29, 0.717) is 28.1 Å². The van der Waals surface area contributed by atoms with E-state index in [1.165, 1.54) is 6.92 Å². The van der Waals surface area contributed by atoms with Crippen molar-refractivity contribution in [3.63, 3.8) is 0 Å². The van der Waals surface area contributed by atoms with Crippen molar-refractivity contribution in [1.82, 2.24) is 4.57 Å². The summed E-state index contributed by atoms with van der Waals surface area (Å²) in [5.74, 6) is 0.0185. The molecule has 110 valence electrons. The zero-order valence-corrected chi connectivity index (χ0v) is 12.4. The summed E-state index contributed by atoms with van der Waals surface area (Å²) in [6.45, 7) is 1.35. The summed E-state index contributed by atoms with van der Waals surface area (Å²) in [7, 11) is 0. The van der Waals surface area contributed by atoms with Gasteiger partial charge in [0.05, 0.1) is 5.69 Å². The van der Waals surface area contributed by atoms with E-state index in [9.17, 15) is 9.90 Å². The maximum atomic E-state index is 11.2. The minimum Gasteiger partial charge on any atom is -0.425 e. The van der Waals surface area contributed by atoms with Crippen molar-refractivity contribution in [3.8, 4) is 5.75 Å². The van der Waals surface area contributed by atoms with E-state index in [2.05, 4.69) is 0 Å². The number of aliphatic hydroxyl groups is 1. The molecule has 0 aliphatic heterocycles. The Morgan fingerprint density at radius 1 is 1.33 bits per heavy atom. The van der Waals surface area contributed by atoms with Gasteiger partial charge in [0.2, 0.25) is 0 Å². The summed E-state index contributed by atoms with van der Waals surface area (Å²) in [4.78, 5) is 11.2. The van der Waals surface area contributed by atoms with Crippen LogP contribution in [0.4, 0.5) is 0 Å². The van der Waals surface area contributed by atoms with Gasteiger partial charge in [-0.1, -0.05) is 23.7 Å². The highest BCUT2D eigenvalue weighted by molar-refractivity contribution is 6.30. The summed E-state index contributed by atoms with van der Waals surface area (Å²) < 4.78 is 7.22. The molecule has 1 atom stereocenters. The van der Waals surface area contributed by atoms with Gasteiger partial charge in [-0.25, -0.2) is 0 Å². The molecule has 1 fully saturated rings. The number of halogens is 1. The SMILES string of the molecule is CC(=O)Oc1ccn(C2CC2)c1C(O)c1ccc(Cl)cc1. The third kappa shape index (κ3) is 2.96. The van der Waals surface area contributed by atoms with Crippen molar-refractivity contribution in [2.24, 2.45) is 0 Å². The van der Waals surface area contributed by atoms with Crippen LogP contribution in [0.15, 0.2) is 36.5 Å². The molecule has 0 saturated heterocycles. The lowest BCUT2D eigenvalue weighted by Gasteiger charge is -2.16. The predicted molar refractivity (Wildman–Crippen MR) is 79.5 cm³/mol. The number of esters is 1. The topological polar surface area (TPSA) is 51.5 Å². The van der Waals surface area contributed by atoms with Crippen LogP contribution in [-0.2, 0) is 4.79 Å². The van der Waals surface area contributed by atoms with Gasteiger partial charge in [-0.15, -0.1) is 0 Å². The van der Waals surface area contributed by atoms with Crippen molar-refractivity contribution in [2.45, 2.75) is 31.9 Å². The Bertz CT molecular complexity index is 659. The molecule has 4 nitrogen and oxygen atoms in total. The third-order valence-corrected chi connectivity index (χ3v) is 3.81. The van der Waals surface area contributed by atoms with Crippen molar-refractivity contribution in [1.29, 1.82) is 0 Å². The first-order chi connectivity index (χ1) is 10.1. The first-order valence-corrected chi connectivity index (χ1v) is 7.26. The van der Waals surface area contributed by atoms with E-state index in [1.54, 1.807) is 30.3 Å². The maximum Gasteiger partial charge on any atom is 0.308 e. The first kappa shape index (κ1) is 14.2. The van der Waals surface area contributed by atoms with Gasteiger partial charge >= 0.3 is 5.97 Å². The van der Waals surface area contributed by atoms with Crippen LogP contribution in [0.25, 0.3) is 0 Å². The number of ether oxygens (including phenoxy) is 1. The van der Waals surface area contributed by atoms with Gasteiger partial charge in [0, 0.05) is 24.2 Å². The van der Waals surface area contributed by atoms with E-state index in [4.69, 9.17) is 16.3 Å². The van der Waals surface area contributed by atoms with Gasteiger partial charge in [-0.3, -0.25) is 4.79 Å². The summed E-state index contributed by atoms with van der Waals surface area (Å²) in [6.07, 6.45) is 3.17. The van der Waals surface area contributed by atoms with Crippen LogP contribution in [0, 0.1) is 0 Å². The van der Waals surface area contributed by atoms with Crippen molar-refractivity contribution in [3.05, 3.63) is 52.8 Å². The van der Waals surface area contributed by atoms with Crippen molar-refractivity contribution in [2.75, 3.05) is 0 Å². The normalized spacial score (nSPS) is 15.8. The highest BCUT2D eigenvalue weighted by Gasteiger charge is 2.30. The Kier molecular flexibility index (Phi) is 3.74. The van der Waals surface area contributed by atoms with Gasteiger partial charge in [0.1, 0.15) is 6.10 Å². The molecule has 0 radical (unpaired) electrons. The molecule has 5 heteroatoms. The number of carbonyl (C=O) groups excluding carboxylic acids is 1. The lowest BCUT2D eigenvalue weighted by atomic mass is 10.1. The van der Waals surface area contributed by atoms with Gasteiger partial charge in [-0.05, 0) is 36.6 Å². The monoisotopic (exact) mass is 305 g/mol. The number of aromatic nitrogens is 1. The molecule has 0 spiro atoms. The average molecular weight is 306 g/mol. The lowest BCUT2D eigenvalue weighted by Crippen LogP contribution is -2.11. The Labute approximate surface area is 127 Å². The number of aliphatic hydroxyl groups excluding tert-OH is 1. The molecule has 1 aliphatic carbocycles. The second-order valence-electron chi connectivity index (χ2n) is 5.25. The molecular weight excluding hydrogens is 290 g/mol. The molecule has 1 aromatic carbocycles. The van der Waals surface area contributed by atoms with E-state index in [0.717, 1.165) is 12.8 Å². The summed E-state index contributed by atoms with van der Waals surface area (Å²) >= 11 is 5.88. The second-order valence-corrected chi connectivity index (χ2v) is 5.69. The molecule has 1 aromatic heterocycles. The maximum absolute atomic E-state index is 11.2. The molecule has 1 unspecified atom stereocenters.